The molecule has 0 radical (unpaired) electrons. The van der Waals surface area contributed by atoms with Crippen LogP contribution in [0.5, 0.6) is 0 Å². The van der Waals surface area contributed by atoms with Crippen molar-refractivity contribution in [3.63, 3.8) is 0 Å². The van der Waals surface area contributed by atoms with Crippen molar-refractivity contribution in [1.29, 1.82) is 0 Å². The molecule has 0 unspecified atom stereocenters. The highest BCUT2D eigenvalue weighted by molar-refractivity contribution is 5.78. The average molecular weight is 267 g/mol. The molecule has 2 aliphatic heterocycles. The molecule has 0 aliphatic carbocycles. The fraction of sp³-hybridized carbons (Fsp3) is 0.933. The summed E-state index contributed by atoms with van der Waals surface area (Å²) in [5, 5.41) is 6.45. The lowest BCUT2D eigenvalue weighted by atomic mass is 9.93. The lowest BCUT2D eigenvalue weighted by Gasteiger charge is -2.35. The third-order valence-corrected chi connectivity index (χ3v) is 4.48. The molecule has 0 bridgehead atoms. The van der Waals surface area contributed by atoms with Crippen LogP contribution in [-0.2, 0) is 4.79 Å². The Morgan fingerprint density at radius 1 is 1.21 bits per heavy atom. The minimum atomic E-state index is 0.260. The Bertz CT molecular complexity index is 269. The van der Waals surface area contributed by atoms with Crippen molar-refractivity contribution in [2.45, 2.75) is 39.0 Å². The van der Waals surface area contributed by atoms with Crippen molar-refractivity contribution in [2.75, 3.05) is 39.3 Å². The van der Waals surface area contributed by atoms with Gasteiger partial charge >= 0.3 is 0 Å². The molecule has 2 fully saturated rings. The van der Waals surface area contributed by atoms with Crippen molar-refractivity contribution < 1.29 is 4.79 Å². The normalized spacial score (nSPS) is 23.4. The number of nitrogens with zero attached hydrogens (tertiary/aromatic N) is 1. The first kappa shape index (κ1) is 14.8. The van der Waals surface area contributed by atoms with E-state index in [9.17, 15) is 4.79 Å². The Hall–Kier alpha value is -0.610. The lowest BCUT2D eigenvalue weighted by molar-refractivity contribution is -0.126. The monoisotopic (exact) mass is 267 g/mol. The maximum Gasteiger partial charge on any atom is 0.223 e. The Balaban J connectivity index is 1.65. The van der Waals surface area contributed by atoms with Crippen LogP contribution >= 0.6 is 0 Å². The molecule has 0 atom stereocenters. The summed E-state index contributed by atoms with van der Waals surface area (Å²) in [5.41, 5.74) is 0. The quantitative estimate of drug-likeness (QED) is 0.787. The molecule has 2 rings (SSSR count). The number of hydrogen-bond donors (Lipinski definition) is 2. The number of likely N-dealkylation sites (tertiary alicyclic amines) is 1. The summed E-state index contributed by atoms with van der Waals surface area (Å²) >= 11 is 0. The third-order valence-electron chi connectivity index (χ3n) is 4.48. The van der Waals surface area contributed by atoms with E-state index in [1.54, 1.807) is 0 Å². The summed E-state index contributed by atoms with van der Waals surface area (Å²) in [7, 11) is 0. The molecule has 110 valence electrons. The van der Waals surface area contributed by atoms with Gasteiger partial charge in [-0.15, -0.1) is 0 Å². The number of hydrogen-bond acceptors (Lipinski definition) is 3. The van der Waals surface area contributed by atoms with Crippen LogP contribution in [-0.4, -0.2) is 50.1 Å². The first-order valence-corrected chi connectivity index (χ1v) is 8.00. The Labute approximate surface area is 117 Å². The summed E-state index contributed by atoms with van der Waals surface area (Å²) in [5.74, 6) is 1.41. The van der Waals surface area contributed by atoms with Gasteiger partial charge in [0.1, 0.15) is 0 Å². The zero-order chi connectivity index (χ0) is 13.5. The lowest BCUT2D eigenvalue weighted by Crippen LogP contribution is -2.43. The average Bonchev–Trinajstić information content (AvgIpc) is 2.46. The highest BCUT2D eigenvalue weighted by atomic mass is 16.1. The SMILES string of the molecule is CCCNC(=O)C1CCN(CC2CCNCC2)CC1. The molecule has 0 spiro atoms. The van der Waals surface area contributed by atoms with Crippen LogP contribution in [0.2, 0.25) is 0 Å². The predicted octanol–water partition coefficient (Wildman–Crippen LogP) is 1.22. The number of rotatable bonds is 5. The molecule has 1 amide bonds. The molecule has 2 saturated heterocycles. The summed E-state index contributed by atoms with van der Waals surface area (Å²) in [6, 6.07) is 0. The van der Waals surface area contributed by atoms with E-state index in [0.717, 1.165) is 44.8 Å². The molecule has 0 aromatic heterocycles. The fourth-order valence-electron chi connectivity index (χ4n) is 3.20. The highest BCUT2D eigenvalue weighted by Crippen LogP contribution is 2.20. The standard InChI is InChI=1S/C15H29N3O/c1-2-7-17-15(19)14-5-10-18(11-6-14)12-13-3-8-16-9-4-13/h13-14,16H,2-12H2,1H3,(H,17,19). The summed E-state index contributed by atoms with van der Waals surface area (Å²) in [4.78, 5) is 14.5. The molecular weight excluding hydrogens is 238 g/mol. The van der Waals surface area contributed by atoms with Crippen LogP contribution in [0.3, 0.4) is 0 Å². The second-order valence-electron chi connectivity index (χ2n) is 6.06. The largest absolute Gasteiger partial charge is 0.356 e. The summed E-state index contributed by atoms with van der Waals surface area (Å²) < 4.78 is 0. The molecule has 0 saturated carbocycles. The predicted molar refractivity (Wildman–Crippen MR) is 78.1 cm³/mol. The van der Waals surface area contributed by atoms with E-state index >= 15 is 0 Å². The van der Waals surface area contributed by atoms with Gasteiger partial charge in [-0.1, -0.05) is 6.92 Å². The Morgan fingerprint density at radius 2 is 1.89 bits per heavy atom. The second kappa shape index (κ2) is 7.85. The van der Waals surface area contributed by atoms with Gasteiger partial charge in [-0.25, -0.2) is 0 Å². The smallest absolute Gasteiger partial charge is 0.223 e. The van der Waals surface area contributed by atoms with Gasteiger partial charge in [0.05, 0.1) is 0 Å². The summed E-state index contributed by atoms with van der Waals surface area (Å²) in [6.07, 6.45) is 5.75. The molecule has 2 N–H and O–H groups in total. The van der Waals surface area contributed by atoms with Crippen LogP contribution in [0.4, 0.5) is 0 Å². The van der Waals surface area contributed by atoms with E-state index in [1.165, 1.54) is 32.5 Å². The molecule has 19 heavy (non-hydrogen) atoms. The van der Waals surface area contributed by atoms with Crippen molar-refractivity contribution in [3.05, 3.63) is 0 Å². The van der Waals surface area contributed by atoms with Gasteiger partial charge < -0.3 is 15.5 Å². The van der Waals surface area contributed by atoms with E-state index in [0.29, 0.717) is 0 Å². The van der Waals surface area contributed by atoms with E-state index in [1.807, 2.05) is 0 Å². The van der Waals surface area contributed by atoms with Crippen molar-refractivity contribution >= 4 is 5.91 Å². The third kappa shape index (κ3) is 4.77. The summed E-state index contributed by atoms with van der Waals surface area (Å²) in [6.45, 7) is 8.74. The van der Waals surface area contributed by atoms with Crippen molar-refractivity contribution in [1.82, 2.24) is 15.5 Å². The number of nitrogens with one attached hydrogen (secondary N) is 2. The number of piperidine rings is 2. The van der Waals surface area contributed by atoms with Crippen LogP contribution < -0.4 is 10.6 Å². The molecular formula is C15H29N3O. The van der Waals surface area contributed by atoms with E-state index < -0.39 is 0 Å². The zero-order valence-corrected chi connectivity index (χ0v) is 12.3. The van der Waals surface area contributed by atoms with Gasteiger partial charge in [0.25, 0.3) is 0 Å². The van der Waals surface area contributed by atoms with Gasteiger partial charge in [-0.05, 0) is 64.2 Å². The molecule has 0 aromatic carbocycles. The first-order valence-electron chi connectivity index (χ1n) is 8.00. The second-order valence-corrected chi connectivity index (χ2v) is 6.06. The number of carbonyl (C=O) groups is 1. The number of amides is 1. The Kier molecular flexibility index (Phi) is 6.11. The molecule has 2 aliphatic rings. The minimum Gasteiger partial charge on any atom is -0.356 e. The van der Waals surface area contributed by atoms with Crippen molar-refractivity contribution in [2.24, 2.45) is 11.8 Å². The molecule has 4 nitrogen and oxygen atoms in total. The fourth-order valence-corrected chi connectivity index (χ4v) is 3.20. The molecule has 0 aromatic rings. The van der Waals surface area contributed by atoms with Gasteiger partial charge in [0, 0.05) is 19.0 Å². The topological polar surface area (TPSA) is 44.4 Å². The molecule has 4 heteroatoms. The van der Waals surface area contributed by atoms with E-state index in [2.05, 4.69) is 22.5 Å². The van der Waals surface area contributed by atoms with Crippen molar-refractivity contribution in [3.8, 4) is 0 Å². The zero-order valence-electron chi connectivity index (χ0n) is 12.3. The van der Waals surface area contributed by atoms with E-state index in [-0.39, 0.29) is 11.8 Å². The van der Waals surface area contributed by atoms with Gasteiger partial charge in [0.15, 0.2) is 0 Å². The van der Waals surface area contributed by atoms with Gasteiger partial charge in [-0.3, -0.25) is 4.79 Å². The maximum absolute atomic E-state index is 11.9. The Morgan fingerprint density at radius 3 is 2.53 bits per heavy atom. The molecule has 2 heterocycles. The minimum absolute atomic E-state index is 0.260. The van der Waals surface area contributed by atoms with E-state index in [4.69, 9.17) is 0 Å². The van der Waals surface area contributed by atoms with Crippen LogP contribution in [0.15, 0.2) is 0 Å². The maximum atomic E-state index is 11.9. The first-order chi connectivity index (χ1) is 9.29. The highest BCUT2D eigenvalue weighted by Gasteiger charge is 2.26. The number of carbonyl (C=O) groups excluding carboxylic acids is 1. The van der Waals surface area contributed by atoms with Gasteiger partial charge in [0.2, 0.25) is 5.91 Å². The van der Waals surface area contributed by atoms with Crippen LogP contribution in [0, 0.1) is 11.8 Å². The van der Waals surface area contributed by atoms with Gasteiger partial charge in [-0.2, -0.15) is 0 Å². The van der Waals surface area contributed by atoms with Crippen LogP contribution in [0.1, 0.15) is 39.0 Å². The van der Waals surface area contributed by atoms with Crippen LogP contribution in [0.25, 0.3) is 0 Å².